The van der Waals surface area contributed by atoms with Gasteiger partial charge in [0.15, 0.2) is 0 Å². The van der Waals surface area contributed by atoms with Crippen molar-refractivity contribution in [3.8, 4) is 0 Å². The Morgan fingerprint density at radius 2 is 1.89 bits per heavy atom. The fourth-order valence-corrected chi connectivity index (χ4v) is 2.49. The average Bonchev–Trinajstić information content (AvgIpc) is 2.13. The van der Waals surface area contributed by atoms with Gasteiger partial charge in [0.25, 0.3) is 0 Å². The van der Waals surface area contributed by atoms with Crippen molar-refractivity contribution in [3.05, 3.63) is 23.8 Å². The molecule has 0 aromatic rings. The third-order valence-corrected chi connectivity index (χ3v) is 3.60. The summed E-state index contributed by atoms with van der Waals surface area (Å²) < 4.78 is 68.4. The van der Waals surface area contributed by atoms with Gasteiger partial charge >= 0.3 is 22.3 Å². The van der Waals surface area contributed by atoms with Crippen LogP contribution < -0.4 is 0 Å². The molecule has 1 aliphatic rings. The van der Waals surface area contributed by atoms with Gasteiger partial charge < -0.3 is 10.2 Å². The second-order valence-corrected chi connectivity index (χ2v) is 5.02. The van der Waals surface area contributed by atoms with Crippen molar-refractivity contribution < 1.29 is 41.1 Å². The van der Waals surface area contributed by atoms with Crippen molar-refractivity contribution >= 4 is 16.1 Å². The molecule has 1 aliphatic carbocycles. The monoisotopic (exact) mass is 288 g/mol. The zero-order valence-electron chi connectivity index (χ0n) is 8.42. The van der Waals surface area contributed by atoms with Gasteiger partial charge in [-0.05, 0) is 0 Å². The predicted molar refractivity (Wildman–Crippen MR) is 50.9 cm³/mol. The molecule has 18 heavy (non-hydrogen) atoms. The lowest BCUT2D eigenvalue weighted by atomic mass is 9.90. The first-order chi connectivity index (χ1) is 7.92. The molecule has 3 N–H and O–H groups in total. The summed E-state index contributed by atoms with van der Waals surface area (Å²) in [4.78, 5) is 6.74. The first kappa shape index (κ1) is 14.7. The van der Waals surface area contributed by atoms with E-state index in [9.17, 15) is 31.5 Å². The van der Waals surface area contributed by atoms with Crippen LogP contribution >= 0.6 is 0 Å². The molecule has 2 atom stereocenters. The molecule has 0 amide bonds. The molecule has 0 aromatic carbocycles. The molecular formula is C8H7F3O6S. The fourth-order valence-electron chi connectivity index (χ4n) is 1.53. The Labute approximate surface area is 98.8 Å². The molecule has 102 valence electrons. The van der Waals surface area contributed by atoms with Crippen molar-refractivity contribution in [1.29, 1.82) is 0 Å². The molecule has 10 heteroatoms. The Hall–Kier alpha value is -1.39. The minimum atomic E-state index is -5.72. The van der Waals surface area contributed by atoms with Crippen LogP contribution in [0.25, 0.3) is 0 Å². The van der Waals surface area contributed by atoms with E-state index in [2.05, 4.69) is 0 Å². The molecule has 2 unspecified atom stereocenters. The van der Waals surface area contributed by atoms with E-state index in [0.717, 1.165) is 0 Å². The van der Waals surface area contributed by atoms with Crippen molar-refractivity contribution in [1.82, 2.24) is 0 Å². The molecule has 0 spiro atoms. The number of aliphatic hydroxyl groups is 1. The van der Waals surface area contributed by atoms with Crippen LogP contribution in [0.4, 0.5) is 13.2 Å². The van der Waals surface area contributed by atoms with E-state index in [0.29, 0.717) is 12.2 Å². The van der Waals surface area contributed by atoms with Gasteiger partial charge in [-0.1, -0.05) is 18.2 Å². The second kappa shape index (κ2) is 4.07. The predicted octanol–water partition coefficient (Wildman–Crippen LogP) is 0.322. The molecule has 0 radical (unpaired) electrons. The van der Waals surface area contributed by atoms with E-state index in [4.69, 9.17) is 9.66 Å². The molecule has 0 heterocycles. The van der Waals surface area contributed by atoms with Gasteiger partial charge in [0, 0.05) is 0 Å². The van der Waals surface area contributed by atoms with Crippen LogP contribution in [0.1, 0.15) is 0 Å². The van der Waals surface area contributed by atoms with Crippen LogP contribution in [0.2, 0.25) is 0 Å². The maximum Gasteiger partial charge on any atom is 0.416 e. The second-order valence-electron chi connectivity index (χ2n) is 3.45. The lowest BCUT2D eigenvalue weighted by Crippen LogP contribution is -2.53. The molecule has 0 aliphatic heterocycles. The van der Waals surface area contributed by atoms with Gasteiger partial charge in [-0.2, -0.15) is 21.6 Å². The lowest BCUT2D eigenvalue weighted by Gasteiger charge is -2.33. The highest BCUT2D eigenvalue weighted by molar-refractivity contribution is 7.87. The Balaban J connectivity index is 3.58. The zero-order chi connectivity index (χ0) is 14.4. The van der Waals surface area contributed by atoms with E-state index >= 15 is 0 Å². The number of carbonyl (C=O) groups is 1. The largest absolute Gasteiger partial charge is 0.481 e. The summed E-state index contributed by atoms with van der Waals surface area (Å²) in [5.74, 6) is -4.49. The highest BCUT2D eigenvalue weighted by atomic mass is 32.2. The lowest BCUT2D eigenvalue weighted by molar-refractivity contribution is -0.148. The SMILES string of the molecule is O=C(O)C1C=CC=C(C(F)(F)F)C1(O)S(=O)(=O)O. The topological polar surface area (TPSA) is 112 Å². The van der Waals surface area contributed by atoms with Crippen LogP contribution in [0.15, 0.2) is 23.8 Å². The molecule has 0 saturated heterocycles. The maximum absolute atomic E-state index is 12.6. The van der Waals surface area contributed by atoms with Gasteiger partial charge in [0.05, 0.1) is 5.57 Å². The maximum atomic E-state index is 12.6. The van der Waals surface area contributed by atoms with Gasteiger partial charge in [-0.25, -0.2) is 0 Å². The quantitative estimate of drug-likeness (QED) is 0.631. The smallest absolute Gasteiger partial charge is 0.416 e. The van der Waals surface area contributed by atoms with Crippen LogP contribution in [0.5, 0.6) is 0 Å². The number of carboxylic acid groups (broad SMARTS) is 1. The Bertz CT molecular complexity index is 532. The van der Waals surface area contributed by atoms with Crippen molar-refractivity contribution in [3.63, 3.8) is 0 Å². The highest BCUT2D eigenvalue weighted by Crippen LogP contribution is 2.43. The third kappa shape index (κ3) is 2.13. The minimum absolute atomic E-state index is 0.188. The van der Waals surface area contributed by atoms with Crippen LogP contribution in [-0.2, 0) is 14.9 Å². The summed E-state index contributed by atoms with van der Waals surface area (Å²) in [7, 11) is -5.72. The van der Waals surface area contributed by atoms with E-state index in [1.54, 1.807) is 0 Å². The van der Waals surface area contributed by atoms with Crippen LogP contribution in [-0.4, -0.2) is 40.3 Å². The van der Waals surface area contributed by atoms with Crippen molar-refractivity contribution in [2.24, 2.45) is 5.92 Å². The average molecular weight is 288 g/mol. The van der Waals surface area contributed by atoms with E-state index in [1.165, 1.54) is 0 Å². The number of rotatable bonds is 2. The first-order valence-electron chi connectivity index (χ1n) is 4.30. The third-order valence-electron chi connectivity index (χ3n) is 2.34. The standard InChI is InChI=1S/C8H7F3O6S/c9-8(10,11)5-3-1-2-4(6(12)13)7(5,14)18(15,16)17/h1-4,14H,(H,12,13)(H,15,16,17). The molecule has 0 fully saturated rings. The fraction of sp³-hybridized carbons (Fsp3) is 0.375. The molecule has 0 saturated carbocycles. The number of hydrogen-bond donors (Lipinski definition) is 3. The summed E-state index contributed by atoms with van der Waals surface area (Å²) in [5.41, 5.74) is -2.06. The Morgan fingerprint density at radius 1 is 1.39 bits per heavy atom. The number of aliphatic carboxylic acids is 1. The summed E-state index contributed by atoms with van der Waals surface area (Å²) in [6.45, 7) is 0. The first-order valence-corrected chi connectivity index (χ1v) is 5.74. The molecule has 6 nitrogen and oxygen atoms in total. The number of halogens is 3. The normalized spacial score (nSPS) is 28.9. The van der Waals surface area contributed by atoms with E-state index in [-0.39, 0.29) is 6.08 Å². The number of hydrogen-bond acceptors (Lipinski definition) is 4. The summed E-state index contributed by atoms with van der Waals surface area (Å²) in [5, 5.41) is 18.2. The zero-order valence-corrected chi connectivity index (χ0v) is 9.23. The molecular weight excluding hydrogens is 281 g/mol. The van der Waals surface area contributed by atoms with Gasteiger partial charge in [0.1, 0.15) is 5.92 Å². The minimum Gasteiger partial charge on any atom is -0.481 e. The summed E-state index contributed by atoms with van der Waals surface area (Å²) >= 11 is 0. The van der Waals surface area contributed by atoms with Gasteiger partial charge in [0.2, 0.25) is 4.93 Å². The van der Waals surface area contributed by atoms with Gasteiger partial charge in [-0.3, -0.25) is 9.35 Å². The van der Waals surface area contributed by atoms with Crippen LogP contribution in [0.3, 0.4) is 0 Å². The van der Waals surface area contributed by atoms with E-state index < -0.39 is 38.7 Å². The highest BCUT2D eigenvalue weighted by Gasteiger charge is 2.61. The Morgan fingerprint density at radius 3 is 2.22 bits per heavy atom. The van der Waals surface area contributed by atoms with Gasteiger partial charge in [-0.15, -0.1) is 0 Å². The number of allylic oxidation sites excluding steroid dienone is 2. The molecule has 0 aromatic heterocycles. The van der Waals surface area contributed by atoms with Crippen molar-refractivity contribution in [2.75, 3.05) is 0 Å². The summed E-state index contributed by atoms with van der Waals surface area (Å²) in [6.07, 6.45) is -3.96. The van der Waals surface area contributed by atoms with Crippen molar-refractivity contribution in [2.45, 2.75) is 11.1 Å². The number of carboxylic acids is 1. The number of alkyl halides is 3. The molecule has 0 bridgehead atoms. The summed E-state index contributed by atoms with van der Waals surface area (Å²) in [6, 6.07) is 0. The Kier molecular flexibility index (Phi) is 3.32. The van der Waals surface area contributed by atoms with Crippen LogP contribution in [0, 0.1) is 5.92 Å². The molecule has 1 rings (SSSR count). The van der Waals surface area contributed by atoms with E-state index in [1.807, 2.05) is 0 Å².